The van der Waals surface area contributed by atoms with Gasteiger partial charge in [-0.1, -0.05) is 0 Å². The van der Waals surface area contributed by atoms with Crippen molar-refractivity contribution in [1.82, 2.24) is 5.43 Å². The maximum Gasteiger partial charge on any atom is 0.316 e. The third kappa shape index (κ3) is 11.5. The Morgan fingerprint density at radius 3 is 2.47 bits per heavy atom. The molecule has 17 heavy (non-hydrogen) atoms. The van der Waals surface area contributed by atoms with Crippen LogP contribution in [0.1, 0.15) is 40.0 Å². The van der Waals surface area contributed by atoms with Crippen LogP contribution in [0.15, 0.2) is 0 Å². The van der Waals surface area contributed by atoms with Gasteiger partial charge >= 0.3 is 5.97 Å². The summed E-state index contributed by atoms with van der Waals surface area (Å²) in [6, 6.07) is 0. The molecule has 0 heterocycles. The molecular formula is C11H22N2O3S. The third-order valence-corrected chi connectivity index (χ3v) is 2.76. The van der Waals surface area contributed by atoms with Gasteiger partial charge in [-0.05, 0) is 39.4 Å². The lowest BCUT2D eigenvalue weighted by molar-refractivity contribution is -0.151. The van der Waals surface area contributed by atoms with Gasteiger partial charge in [-0.2, -0.15) is 11.8 Å². The molecule has 0 fully saturated rings. The number of carbonyl (C=O) groups is 2. The summed E-state index contributed by atoms with van der Waals surface area (Å²) < 4.78 is 5.16. The highest BCUT2D eigenvalue weighted by Gasteiger charge is 2.15. The van der Waals surface area contributed by atoms with Crippen molar-refractivity contribution in [2.75, 3.05) is 11.5 Å². The molecular weight excluding hydrogens is 240 g/mol. The zero-order valence-electron chi connectivity index (χ0n) is 10.7. The normalized spacial score (nSPS) is 11.1. The molecule has 6 heteroatoms. The highest BCUT2D eigenvalue weighted by molar-refractivity contribution is 7.99. The number of nitrogens with two attached hydrogens (primary N) is 1. The lowest BCUT2D eigenvalue weighted by Crippen LogP contribution is -2.29. The second-order valence-electron chi connectivity index (χ2n) is 4.66. The molecule has 0 unspecified atom stereocenters. The average molecular weight is 262 g/mol. The third-order valence-electron chi connectivity index (χ3n) is 1.74. The second kappa shape index (κ2) is 8.36. The van der Waals surface area contributed by atoms with E-state index in [9.17, 15) is 9.59 Å². The van der Waals surface area contributed by atoms with E-state index in [2.05, 4.69) is 5.43 Å². The fourth-order valence-corrected chi connectivity index (χ4v) is 1.87. The quantitative estimate of drug-likeness (QED) is 0.237. The van der Waals surface area contributed by atoms with Gasteiger partial charge in [0.2, 0.25) is 5.91 Å². The summed E-state index contributed by atoms with van der Waals surface area (Å²) in [4.78, 5) is 22.1. The Balaban J connectivity index is 3.40. The van der Waals surface area contributed by atoms with E-state index in [1.165, 1.54) is 11.8 Å². The number of amides is 1. The Kier molecular flexibility index (Phi) is 7.99. The first-order chi connectivity index (χ1) is 7.85. The highest BCUT2D eigenvalue weighted by atomic mass is 32.2. The number of ether oxygens (including phenoxy) is 1. The van der Waals surface area contributed by atoms with Crippen LogP contribution < -0.4 is 11.3 Å². The molecule has 0 aliphatic rings. The van der Waals surface area contributed by atoms with Crippen LogP contribution in [-0.2, 0) is 14.3 Å². The number of nitrogens with one attached hydrogen (secondary N) is 1. The van der Waals surface area contributed by atoms with Crippen molar-refractivity contribution >= 4 is 23.6 Å². The predicted octanol–water partition coefficient (Wildman–Crippen LogP) is 1.22. The molecule has 0 atom stereocenters. The molecule has 5 nitrogen and oxygen atoms in total. The number of carbonyl (C=O) groups excluding carboxylic acids is 2. The fourth-order valence-electron chi connectivity index (χ4n) is 1.09. The topological polar surface area (TPSA) is 81.4 Å². The first-order valence-electron chi connectivity index (χ1n) is 5.64. The van der Waals surface area contributed by atoms with Crippen molar-refractivity contribution < 1.29 is 14.3 Å². The number of hydrogen-bond donors (Lipinski definition) is 2. The molecule has 0 aromatic rings. The van der Waals surface area contributed by atoms with Crippen LogP contribution >= 0.6 is 11.8 Å². The lowest BCUT2D eigenvalue weighted by Gasteiger charge is -2.19. The number of hydrogen-bond acceptors (Lipinski definition) is 5. The maximum atomic E-state index is 11.3. The van der Waals surface area contributed by atoms with Crippen LogP contribution in [0.2, 0.25) is 0 Å². The standard InChI is InChI=1S/C11H22N2O3S/c1-11(2,3)16-10(15)8-17-7-5-4-6-9(14)13-12/h4-8,12H2,1-3H3,(H,13,14). The van der Waals surface area contributed by atoms with Crippen LogP contribution in [-0.4, -0.2) is 29.0 Å². The van der Waals surface area contributed by atoms with E-state index in [4.69, 9.17) is 10.6 Å². The van der Waals surface area contributed by atoms with Gasteiger partial charge in [-0.25, -0.2) is 5.84 Å². The van der Waals surface area contributed by atoms with Gasteiger partial charge in [0.25, 0.3) is 0 Å². The molecule has 0 saturated carbocycles. The predicted molar refractivity (Wildman–Crippen MR) is 69.4 cm³/mol. The summed E-state index contributed by atoms with van der Waals surface area (Å²) in [5.41, 5.74) is 1.66. The molecule has 0 bridgehead atoms. The Morgan fingerprint density at radius 2 is 1.94 bits per heavy atom. The molecule has 0 aromatic heterocycles. The molecule has 0 aromatic carbocycles. The van der Waals surface area contributed by atoms with E-state index in [1.807, 2.05) is 20.8 Å². The van der Waals surface area contributed by atoms with Crippen molar-refractivity contribution in [2.45, 2.75) is 45.6 Å². The summed E-state index contributed by atoms with van der Waals surface area (Å²) in [6.45, 7) is 5.54. The summed E-state index contributed by atoms with van der Waals surface area (Å²) in [6.07, 6.45) is 2.11. The van der Waals surface area contributed by atoms with Gasteiger partial charge in [-0.15, -0.1) is 0 Å². The van der Waals surface area contributed by atoms with Gasteiger partial charge in [0, 0.05) is 6.42 Å². The van der Waals surface area contributed by atoms with Crippen molar-refractivity contribution in [3.05, 3.63) is 0 Å². The molecule has 0 radical (unpaired) electrons. The van der Waals surface area contributed by atoms with Crippen LogP contribution in [0.5, 0.6) is 0 Å². The smallest absolute Gasteiger partial charge is 0.316 e. The van der Waals surface area contributed by atoms with Gasteiger partial charge in [0.15, 0.2) is 0 Å². The number of esters is 1. The van der Waals surface area contributed by atoms with Crippen molar-refractivity contribution in [2.24, 2.45) is 5.84 Å². The van der Waals surface area contributed by atoms with E-state index in [0.29, 0.717) is 12.2 Å². The molecule has 0 rings (SSSR count). The minimum absolute atomic E-state index is 0.151. The number of unbranched alkanes of at least 4 members (excludes halogenated alkanes) is 1. The van der Waals surface area contributed by atoms with Gasteiger partial charge in [0.1, 0.15) is 5.60 Å². The first-order valence-corrected chi connectivity index (χ1v) is 6.79. The van der Waals surface area contributed by atoms with Crippen LogP contribution in [0.3, 0.4) is 0 Å². The molecule has 1 amide bonds. The molecule has 3 N–H and O–H groups in total. The summed E-state index contributed by atoms with van der Waals surface area (Å²) in [5.74, 6) is 5.81. The molecule has 100 valence electrons. The highest BCUT2D eigenvalue weighted by Crippen LogP contribution is 2.11. The Bertz CT molecular complexity index is 252. The average Bonchev–Trinajstić information content (AvgIpc) is 2.20. The minimum atomic E-state index is -0.420. The second-order valence-corrected chi connectivity index (χ2v) is 5.77. The van der Waals surface area contributed by atoms with Crippen molar-refractivity contribution in [3.63, 3.8) is 0 Å². The summed E-state index contributed by atoms with van der Waals surface area (Å²) in [7, 11) is 0. The lowest BCUT2D eigenvalue weighted by atomic mass is 10.2. The van der Waals surface area contributed by atoms with E-state index < -0.39 is 5.60 Å². The molecule has 0 spiro atoms. The van der Waals surface area contributed by atoms with Crippen molar-refractivity contribution in [3.8, 4) is 0 Å². The van der Waals surface area contributed by atoms with E-state index in [0.717, 1.165) is 18.6 Å². The zero-order chi connectivity index (χ0) is 13.3. The van der Waals surface area contributed by atoms with Gasteiger partial charge < -0.3 is 4.74 Å². The molecule has 0 saturated heterocycles. The Hall–Kier alpha value is -0.750. The summed E-state index contributed by atoms with van der Waals surface area (Å²) >= 11 is 1.52. The van der Waals surface area contributed by atoms with Crippen LogP contribution in [0.4, 0.5) is 0 Å². The maximum absolute atomic E-state index is 11.3. The van der Waals surface area contributed by atoms with E-state index >= 15 is 0 Å². The van der Waals surface area contributed by atoms with Crippen LogP contribution in [0, 0.1) is 0 Å². The Labute approximate surface area is 107 Å². The SMILES string of the molecule is CC(C)(C)OC(=O)CSCCCCC(=O)NN. The van der Waals surface area contributed by atoms with Crippen molar-refractivity contribution in [1.29, 1.82) is 0 Å². The molecule has 0 aliphatic heterocycles. The number of rotatable bonds is 7. The fraction of sp³-hybridized carbons (Fsp3) is 0.818. The minimum Gasteiger partial charge on any atom is -0.459 e. The number of hydrazine groups is 1. The molecule has 0 aliphatic carbocycles. The van der Waals surface area contributed by atoms with Gasteiger partial charge in [0.05, 0.1) is 5.75 Å². The first kappa shape index (κ1) is 16.2. The number of thioether (sulfide) groups is 1. The van der Waals surface area contributed by atoms with E-state index in [-0.39, 0.29) is 11.9 Å². The largest absolute Gasteiger partial charge is 0.459 e. The van der Waals surface area contributed by atoms with Crippen LogP contribution in [0.25, 0.3) is 0 Å². The monoisotopic (exact) mass is 262 g/mol. The Morgan fingerprint density at radius 1 is 1.29 bits per heavy atom. The zero-order valence-corrected chi connectivity index (χ0v) is 11.6. The van der Waals surface area contributed by atoms with Gasteiger partial charge in [-0.3, -0.25) is 15.0 Å². The van der Waals surface area contributed by atoms with E-state index in [1.54, 1.807) is 0 Å². The summed E-state index contributed by atoms with van der Waals surface area (Å²) in [5, 5.41) is 0.